The number of aromatic nitrogens is 3. The third-order valence-electron chi connectivity index (χ3n) is 4.97. The van der Waals surface area contributed by atoms with Crippen LogP contribution in [-0.4, -0.2) is 33.1 Å². The number of aryl methyl sites for hydroxylation is 2. The molecule has 0 radical (unpaired) electrons. The quantitative estimate of drug-likeness (QED) is 0.287. The van der Waals surface area contributed by atoms with Crippen LogP contribution >= 0.6 is 23.4 Å². The number of rotatable bonds is 11. The molecule has 0 fully saturated rings. The number of carbonyl (C=O) groups excluding carboxylic acids is 1. The van der Waals surface area contributed by atoms with Gasteiger partial charge < -0.3 is 10.1 Å². The van der Waals surface area contributed by atoms with Crippen LogP contribution in [0.15, 0.2) is 41.3 Å². The van der Waals surface area contributed by atoms with Crippen molar-refractivity contribution in [3.8, 4) is 0 Å². The summed E-state index contributed by atoms with van der Waals surface area (Å²) in [5.41, 5.74) is 1.13. The second-order valence-electron chi connectivity index (χ2n) is 8.37. The van der Waals surface area contributed by atoms with Crippen molar-refractivity contribution in [2.75, 3.05) is 6.61 Å². The van der Waals surface area contributed by atoms with Crippen molar-refractivity contribution in [1.82, 2.24) is 14.8 Å². The molecule has 0 aliphatic carbocycles. The summed E-state index contributed by atoms with van der Waals surface area (Å²) in [6, 6.07) is 7.21. The molecule has 0 aliphatic heterocycles. The summed E-state index contributed by atoms with van der Waals surface area (Å²) in [7, 11) is 0. The molecule has 2 rings (SSSR count). The topological polar surface area (TPSA) is 80.9 Å². The number of carbonyl (C=O) groups is 1. The lowest BCUT2D eigenvalue weighted by atomic mass is 10.1. The molecule has 0 spiro atoms. The van der Waals surface area contributed by atoms with Crippen molar-refractivity contribution < 1.29 is 9.53 Å². The average Bonchev–Trinajstić information content (AvgIpc) is 3.15. The predicted octanol–water partition coefficient (Wildman–Crippen LogP) is 6.53. The number of nitrogens with zero attached hydrogens (tertiary/aromatic N) is 3. The molecule has 1 aromatic heterocycles. The second-order valence-corrected chi connectivity index (χ2v) is 10.1. The molecule has 2 aromatic rings. The van der Waals surface area contributed by atoms with Gasteiger partial charge in [-0.25, -0.2) is 0 Å². The number of benzene rings is 1. The Labute approximate surface area is 206 Å². The lowest BCUT2D eigenvalue weighted by Gasteiger charge is -2.15. The Morgan fingerprint density at radius 1 is 1.24 bits per heavy atom. The number of nitrogens with one attached hydrogen (secondary N) is 1. The van der Waals surface area contributed by atoms with Crippen LogP contribution < -0.4 is 0 Å². The fraction of sp³-hybridized carbons (Fsp3) is 0.440. The fourth-order valence-electron chi connectivity index (χ4n) is 2.91. The largest absolute Gasteiger partial charge is 0.465 e. The molecule has 0 unspecified atom stereocenters. The summed E-state index contributed by atoms with van der Waals surface area (Å²) >= 11 is 7.55. The molecule has 0 aliphatic rings. The highest BCUT2D eigenvalue weighted by atomic mass is 35.5. The zero-order valence-electron chi connectivity index (χ0n) is 20.2. The van der Waals surface area contributed by atoms with E-state index in [-0.39, 0.29) is 11.9 Å². The normalized spacial score (nSPS) is 13.3. The van der Waals surface area contributed by atoms with Crippen LogP contribution in [0.5, 0.6) is 0 Å². The molecular weight excluding hydrogens is 456 g/mol. The zero-order valence-corrected chi connectivity index (χ0v) is 21.8. The summed E-state index contributed by atoms with van der Waals surface area (Å²) in [6.45, 7) is 12.2. The summed E-state index contributed by atoms with van der Waals surface area (Å²) in [5.74, 6) is 1.36. The molecule has 0 saturated carbocycles. The molecule has 178 valence electrons. The first kappa shape index (κ1) is 26.9. The van der Waals surface area contributed by atoms with E-state index in [1.54, 1.807) is 23.9 Å². The maximum absolute atomic E-state index is 12.3. The van der Waals surface area contributed by atoms with Gasteiger partial charge in [-0.15, -0.1) is 10.2 Å². The van der Waals surface area contributed by atoms with Crippen LogP contribution in [0.1, 0.15) is 58.3 Å². The van der Waals surface area contributed by atoms with E-state index in [9.17, 15) is 4.79 Å². The molecule has 1 N–H and O–H groups in total. The molecule has 0 amide bonds. The number of esters is 1. The van der Waals surface area contributed by atoms with Gasteiger partial charge in [-0.05, 0) is 61.8 Å². The highest BCUT2D eigenvalue weighted by Gasteiger charge is 2.19. The Kier molecular flexibility index (Phi) is 10.4. The summed E-state index contributed by atoms with van der Waals surface area (Å²) in [6.07, 6.45) is 5.02. The van der Waals surface area contributed by atoms with Gasteiger partial charge >= 0.3 is 5.97 Å². The van der Waals surface area contributed by atoms with Crippen LogP contribution in [0.2, 0.25) is 5.02 Å². The van der Waals surface area contributed by atoms with Crippen molar-refractivity contribution in [1.29, 1.82) is 5.41 Å². The molecule has 0 bridgehead atoms. The second kappa shape index (κ2) is 12.8. The molecule has 0 saturated heterocycles. The van der Waals surface area contributed by atoms with Crippen LogP contribution in [0.3, 0.4) is 0 Å². The van der Waals surface area contributed by atoms with Crippen LogP contribution in [0.25, 0.3) is 5.03 Å². The first-order valence-corrected chi connectivity index (χ1v) is 12.3. The maximum Gasteiger partial charge on any atom is 0.308 e. The van der Waals surface area contributed by atoms with Crippen LogP contribution in [-0.2, 0) is 16.0 Å². The minimum absolute atomic E-state index is 0.189. The van der Waals surface area contributed by atoms with Crippen molar-refractivity contribution >= 4 is 40.1 Å². The minimum atomic E-state index is -0.237. The van der Waals surface area contributed by atoms with E-state index >= 15 is 0 Å². The monoisotopic (exact) mass is 488 g/mol. The molecule has 8 heteroatoms. The minimum Gasteiger partial charge on any atom is -0.465 e. The SMILES string of the molecule is C/C=C(\C)S/C(=C/C(=N)c1ccc(Cl)cc1)n1c(C)nnc1CC[C@H](C)C(=O)OCC(C)C. The van der Waals surface area contributed by atoms with Gasteiger partial charge in [0.1, 0.15) is 11.6 Å². The zero-order chi connectivity index (χ0) is 24.5. The Bertz CT molecular complexity index is 1030. The van der Waals surface area contributed by atoms with Crippen LogP contribution in [0.4, 0.5) is 0 Å². The van der Waals surface area contributed by atoms with Gasteiger partial charge in [-0.1, -0.05) is 62.3 Å². The fourth-order valence-corrected chi connectivity index (χ4v) is 3.99. The van der Waals surface area contributed by atoms with Gasteiger partial charge in [-0.3, -0.25) is 9.36 Å². The first-order valence-electron chi connectivity index (χ1n) is 11.1. The van der Waals surface area contributed by atoms with E-state index in [0.29, 0.717) is 36.1 Å². The van der Waals surface area contributed by atoms with Crippen LogP contribution in [0, 0.1) is 24.2 Å². The average molecular weight is 489 g/mol. The van der Waals surface area contributed by atoms with Crippen molar-refractivity contribution in [2.45, 2.75) is 54.4 Å². The lowest BCUT2D eigenvalue weighted by molar-refractivity contribution is -0.149. The van der Waals surface area contributed by atoms with E-state index < -0.39 is 0 Å². The Balaban J connectivity index is 2.29. The van der Waals surface area contributed by atoms with Gasteiger partial charge in [-0.2, -0.15) is 0 Å². The maximum atomic E-state index is 12.3. The van der Waals surface area contributed by atoms with E-state index in [2.05, 4.69) is 10.2 Å². The highest BCUT2D eigenvalue weighted by molar-refractivity contribution is 8.11. The highest BCUT2D eigenvalue weighted by Crippen LogP contribution is 2.31. The van der Waals surface area contributed by atoms with Gasteiger partial charge in [0.2, 0.25) is 0 Å². The Morgan fingerprint density at radius 3 is 2.52 bits per heavy atom. The third-order valence-corrected chi connectivity index (χ3v) is 6.29. The predicted molar refractivity (Wildman–Crippen MR) is 138 cm³/mol. The molecule has 1 atom stereocenters. The summed E-state index contributed by atoms with van der Waals surface area (Å²) in [5, 5.41) is 18.7. The van der Waals surface area contributed by atoms with Crippen molar-refractivity contribution in [3.05, 3.63) is 63.6 Å². The number of hydrogen-bond donors (Lipinski definition) is 1. The number of thioether (sulfide) groups is 1. The number of ether oxygens (including phenoxy) is 1. The molecule has 33 heavy (non-hydrogen) atoms. The first-order chi connectivity index (χ1) is 15.6. The number of hydrogen-bond acceptors (Lipinski definition) is 6. The smallest absolute Gasteiger partial charge is 0.308 e. The van der Waals surface area contributed by atoms with Gasteiger partial charge in [0, 0.05) is 11.4 Å². The molecular formula is C25H33ClN4O2S. The number of halogens is 1. The Hall–Kier alpha value is -2.38. The third kappa shape index (κ3) is 8.16. The summed E-state index contributed by atoms with van der Waals surface area (Å²) in [4.78, 5) is 13.4. The van der Waals surface area contributed by atoms with Gasteiger partial charge in [0.15, 0.2) is 0 Å². The van der Waals surface area contributed by atoms with Gasteiger partial charge in [0.05, 0.1) is 23.3 Å². The van der Waals surface area contributed by atoms with Crippen molar-refractivity contribution in [2.24, 2.45) is 11.8 Å². The van der Waals surface area contributed by atoms with E-state index in [1.165, 1.54) is 0 Å². The number of allylic oxidation sites excluding steroid dienone is 3. The van der Waals surface area contributed by atoms with E-state index in [4.69, 9.17) is 21.7 Å². The lowest BCUT2D eigenvalue weighted by Crippen LogP contribution is -2.18. The molecule has 1 aromatic carbocycles. The van der Waals surface area contributed by atoms with E-state index in [1.807, 2.05) is 70.4 Å². The van der Waals surface area contributed by atoms with Gasteiger partial charge in [0.25, 0.3) is 0 Å². The van der Waals surface area contributed by atoms with Crippen molar-refractivity contribution in [3.63, 3.8) is 0 Å². The van der Waals surface area contributed by atoms with E-state index in [0.717, 1.165) is 27.1 Å². The summed E-state index contributed by atoms with van der Waals surface area (Å²) < 4.78 is 7.34. The molecule has 1 heterocycles. The Morgan fingerprint density at radius 2 is 1.91 bits per heavy atom. The molecule has 6 nitrogen and oxygen atoms in total. The standard InChI is InChI=1S/C25H33ClN4O2S/c1-7-18(5)33-24(14-22(27)20-9-11-21(26)12-10-20)30-19(6)28-29-23(30)13-8-17(4)25(31)32-15-16(2)3/h7,9-12,14,16-17,27H,8,13,15H2,1-6H3/b18-7+,24-14+,27-22?/t17-/m0/s1.